The highest BCUT2D eigenvalue weighted by Crippen LogP contribution is 2.47. The third-order valence-electron chi connectivity index (χ3n) is 20.7. The van der Waals surface area contributed by atoms with E-state index in [-0.39, 0.29) is 137 Å². The Morgan fingerprint density at radius 2 is 0.736 bits per heavy atom. The zero-order valence-corrected chi connectivity index (χ0v) is 64.6. The molecule has 12 rings (SSSR count). The van der Waals surface area contributed by atoms with Crippen LogP contribution in [-0.2, 0) is 66.7 Å². The molecule has 8 aromatic rings. The normalized spacial score (nSPS) is 25.3. The van der Waals surface area contributed by atoms with E-state index in [9.17, 15) is 59.4 Å². The molecule has 4 aliphatic carbocycles. The Morgan fingerprint density at radius 3 is 1.09 bits per heavy atom. The van der Waals surface area contributed by atoms with Gasteiger partial charge in [0.1, 0.15) is 37.5 Å². The molecule has 4 fully saturated rings. The van der Waals surface area contributed by atoms with Crippen molar-refractivity contribution in [3.8, 4) is 0 Å². The number of carbonyl (C=O) groups is 6. The molecular formula is C78H110N12O20. The minimum atomic E-state index is -0.927. The fourth-order valence-corrected chi connectivity index (χ4v) is 14.3. The van der Waals surface area contributed by atoms with Gasteiger partial charge in [-0.05, 0) is 102 Å². The van der Waals surface area contributed by atoms with Crippen LogP contribution in [0.4, 0.5) is 0 Å². The number of nitrogens with zero attached hydrogens (tertiary/aromatic N) is 8. The van der Waals surface area contributed by atoms with Gasteiger partial charge >= 0.3 is 35.8 Å². The van der Waals surface area contributed by atoms with Gasteiger partial charge in [-0.2, -0.15) is 0 Å². The number of ether oxygens (including phenoxy) is 8. The van der Waals surface area contributed by atoms with Crippen LogP contribution < -0.4 is 0 Å². The Labute approximate surface area is 638 Å². The highest BCUT2D eigenvalue weighted by Gasteiger charge is 2.51. The van der Waals surface area contributed by atoms with Gasteiger partial charge < -0.3 is 88.5 Å². The molecule has 602 valence electrons. The summed E-state index contributed by atoms with van der Waals surface area (Å²) >= 11 is 0. The third kappa shape index (κ3) is 20.2. The number of aromatic amines is 4. The standard InChI is InChI=1S/C22H29N3O6.C20H29N3O5.C19H27N3O5.C16H21N3O4.CH4/c1-5-16(26)29-10-13-8-14(15-9-23-19-12(4)24-11-25-20(15)19)22(31-18(28)7-3)21(13)30-17(27)6-2;1-10-15-16(23-9-22-10)14(7-21-15)13-6-12(17(24)18(13)25)8-27-11(2)28-19(26)20(3,4)5;1-10-14-15(22-8-21-10)13(6-20-14)12-5-11(16(23)17(12)24)7-26-9-27-18(25)19(2,3)4;1-3-12(20)23-6-9-4-10(16(22)15(9)21)11-5-17-13-8(2)18-7-19-14(11)13;/h9,11,13-14,21-23H,5-8,10H2,1-4H3;7,9,11-13,17-18,21,24-25H,6,8H2,1-5H3;6,8,11-12,16-17,20,23-24H,5,7,9H2,1-4H3;5,7,9-10,15-17,21-22H,3-4,6H2,1-2H3;1H4/t13-,14+,21-,22+;11?,12-,13+,17-,18+;11-,12+,16-,17+;9-,10+,15-,16+;/m1111./s1. The third-order valence-corrected chi connectivity index (χ3v) is 20.7. The minimum Gasteiger partial charge on any atom is -0.465 e. The lowest BCUT2D eigenvalue weighted by atomic mass is 9.96. The maximum Gasteiger partial charge on any atom is 0.313 e. The van der Waals surface area contributed by atoms with Crippen molar-refractivity contribution in [2.75, 3.05) is 33.2 Å². The number of hydrogen-bond donors (Lipinski definition) is 10. The largest absolute Gasteiger partial charge is 0.465 e. The minimum absolute atomic E-state index is 0. The second-order valence-corrected chi connectivity index (χ2v) is 30.5. The molecule has 0 amide bonds. The molecule has 4 saturated carbocycles. The first-order chi connectivity index (χ1) is 51.7. The number of aromatic nitrogens is 12. The molecule has 32 nitrogen and oxygen atoms in total. The first-order valence-corrected chi connectivity index (χ1v) is 37.2. The van der Waals surface area contributed by atoms with E-state index in [0.29, 0.717) is 32.1 Å². The van der Waals surface area contributed by atoms with Crippen LogP contribution in [0, 0.1) is 62.2 Å². The lowest BCUT2D eigenvalue weighted by molar-refractivity contribution is -0.187. The molecular weight excluding hydrogens is 1420 g/mol. The molecule has 10 N–H and O–H groups in total. The number of aliphatic hydroxyl groups is 6. The summed E-state index contributed by atoms with van der Waals surface area (Å²) in [5.74, 6) is -4.28. The summed E-state index contributed by atoms with van der Waals surface area (Å²) in [6, 6.07) is 0. The maximum atomic E-state index is 12.2. The van der Waals surface area contributed by atoms with Crippen molar-refractivity contribution < 1.29 is 97.3 Å². The van der Waals surface area contributed by atoms with Crippen molar-refractivity contribution >= 4 is 79.9 Å². The van der Waals surface area contributed by atoms with Crippen LogP contribution in [0.15, 0.2) is 50.1 Å². The summed E-state index contributed by atoms with van der Waals surface area (Å²) < 4.78 is 43.4. The number of H-pyrrole nitrogens is 4. The van der Waals surface area contributed by atoms with Crippen LogP contribution in [0.2, 0.25) is 0 Å². The Morgan fingerprint density at radius 1 is 0.418 bits per heavy atom. The van der Waals surface area contributed by atoms with Crippen LogP contribution in [-0.4, -0.2) is 215 Å². The van der Waals surface area contributed by atoms with E-state index in [2.05, 4.69) is 59.8 Å². The van der Waals surface area contributed by atoms with Crippen molar-refractivity contribution in [3.05, 3.63) is 95.1 Å². The van der Waals surface area contributed by atoms with E-state index in [4.69, 9.17) is 37.9 Å². The van der Waals surface area contributed by atoms with Gasteiger partial charge in [-0.25, -0.2) is 39.9 Å². The number of rotatable bonds is 22. The van der Waals surface area contributed by atoms with Gasteiger partial charge in [-0.15, -0.1) is 0 Å². The molecule has 0 radical (unpaired) electrons. The van der Waals surface area contributed by atoms with Gasteiger partial charge in [-0.3, -0.25) is 28.8 Å². The Bertz CT molecular complexity index is 4430. The SMILES string of the molecule is C.CCC(=O)OC[C@H]1C[C@@H](c2c[nH]c3c(C)ncnc23)[C@H](O)[C@@H]1O.CCC(=O)OC[C@H]1C[C@@H](c2c[nH]c3c(C)ncnc23)[C@H](OC(=O)CC)[C@@H]1OC(=O)CC.Cc1ncnc2c([C@@H]3C[C@H](COC(C)OC(=O)C(C)(C)C)[C@@H](O)[C@H]3O)c[nH]c12.Cc1ncnc2c([C@@H]3C[C@H](COCOC(=O)C(C)(C)C)[C@@H](O)[C@H]3O)c[nH]c12. The summed E-state index contributed by atoms with van der Waals surface area (Å²) in [4.78, 5) is 118. The summed E-state index contributed by atoms with van der Waals surface area (Å²) in [5, 5.41) is 62.7. The molecule has 8 aromatic heterocycles. The predicted octanol–water partition coefficient (Wildman–Crippen LogP) is 8.35. The van der Waals surface area contributed by atoms with Crippen LogP contribution in [0.5, 0.6) is 0 Å². The molecule has 0 bridgehead atoms. The van der Waals surface area contributed by atoms with Crippen molar-refractivity contribution in [3.63, 3.8) is 0 Å². The molecule has 8 heterocycles. The lowest BCUT2D eigenvalue weighted by Gasteiger charge is -2.26. The second kappa shape index (κ2) is 37.8. The van der Waals surface area contributed by atoms with Gasteiger partial charge in [0.25, 0.3) is 0 Å². The molecule has 110 heavy (non-hydrogen) atoms. The number of carbonyl (C=O) groups excluding carboxylic acids is 6. The quantitative estimate of drug-likeness (QED) is 0.0132. The first kappa shape index (κ1) is 86.6. The Balaban J connectivity index is 0.000000185. The van der Waals surface area contributed by atoms with Crippen molar-refractivity contribution in [2.45, 2.75) is 241 Å². The summed E-state index contributed by atoms with van der Waals surface area (Å²) in [6.45, 7) is 27.1. The number of fused-ring (bicyclic) bond motifs is 4. The van der Waals surface area contributed by atoms with E-state index < -0.39 is 71.9 Å². The molecule has 0 aliphatic heterocycles. The number of nitrogens with one attached hydrogen (secondary N) is 4. The van der Waals surface area contributed by atoms with Crippen molar-refractivity contribution in [1.29, 1.82) is 0 Å². The molecule has 32 heteroatoms. The molecule has 1 unspecified atom stereocenters. The molecule has 4 aliphatic rings. The van der Waals surface area contributed by atoms with Gasteiger partial charge in [0.05, 0.1) is 141 Å². The second-order valence-electron chi connectivity index (χ2n) is 30.5. The zero-order valence-electron chi connectivity index (χ0n) is 64.6. The van der Waals surface area contributed by atoms with Gasteiger partial charge in [-0.1, -0.05) is 35.1 Å². The average molecular weight is 1540 g/mol. The Hall–Kier alpha value is -9.02. The van der Waals surface area contributed by atoms with E-state index >= 15 is 0 Å². The molecule has 0 saturated heterocycles. The topological polar surface area (TPSA) is 464 Å². The van der Waals surface area contributed by atoms with E-state index in [1.54, 1.807) is 76.2 Å². The number of aliphatic hydroxyl groups excluding tert-OH is 6. The van der Waals surface area contributed by atoms with Crippen LogP contribution in [0.3, 0.4) is 0 Å². The highest BCUT2D eigenvalue weighted by atomic mass is 16.7. The molecule has 0 aromatic carbocycles. The van der Waals surface area contributed by atoms with Gasteiger partial charge in [0.2, 0.25) is 0 Å². The van der Waals surface area contributed by atoms with E-state index in [1.165, 1.54) is 25.3 Å². The summed E-state index contributed by atoms with van der Waals surface area (Å²) in [6.07, 6.45) is 8.70. The monoisotopic (exact) mass is 1530 g/mol. The highest BCUT2D eigenvalue weighted by molar-refractivity contribution is 5.84. The fraction of sp³-hybridized carbons (Fsp3) is 0.615. The Kier molecular flexibility index (Phi) is 29.7. The maximum absolute atomic E-state index is 12.2. The first-order valence-electron chi connectivity index (χ1n) is 37.2. The van der Waals surface area contributed by atoms with Gasteiger partial charge in [0.15, 0.2) is 13.1 Å². The summed E-state index contributed by atoms with van der Waals surface area (Å²) in [5.41, 5.74) is 11.9. The molecule has 0 spiro atoms. The number of aryl methyl sites for hydroxylation is 4. The van der Waals surface area contributed by atoms with Crippen molar-refractivity contribution in [2.24, 2.45) is 34.5 Å². The fourth-order valence-electron chi connectivity index (χ4n) is 14.3. The lowest BCUT2D eigenvalue weighted by Crippen LogP contribution is -2.38. The van der Waals surface area contributed by atoms with Gasteiger partial charge in [0, 0.05) is 120 Å². The van der Waals surface area contributed by atoms with Crippen LogP contribution in [0.25, 0.3) is 44.1 Å². The molecule has 17 atom stereocenters. The van der Waals surface area contributed by atoms with E-state index in [1.807, 2.05) is 52.5 Å². The zero-order chi connectivity index (χ0) is 79.5. The van der Waals surface area contributed by atoms with Crippen LogP contribution >= 0.6 is 0 Å². The average Bonchev–Trinajstić information content (AvgIpc) is 1.64. The van der Waals surface area contributed by atoms with E-state index in [0.717, 1.165) is 89.2 Å². The van der Waals surface area contributed by atoms with Crippen LogP contribution in [0.1, 0.15) is 204 Å². The smallest absolute Gasteiger partial charge is 0.313 e. The predicted molar refractivity (Wildman–Crippen MR) is 401 cm³/mol. The number of hydrogen-bond acceptors (Lipinski definition) is 28. The van der Waals surface area contributed by atoms with Crippen molar-refractivity contribution in [1.82, 2.24) is 59.8 Å². The number of esters is 6. The summed E-state index contributed by atoms with van der Waals surface area (Å²) in [7, 11) is 0.